The van der Waals surface area contributed by atoms with Gasteiger partial charge in [0.05, 0.1) is 12.5 Å². The van der Waals surface area contributed by atoms with Gasteiger partial charge in [-0.25, -0.2) is 0 Å². The van der Waals surface area contributed by atoms with Crippen molar-refractivity contribution >= 4 is 24.0 Å². The van der Waals surface area contributed by atoms with Gasteiger partial charge in [0.1, 0.15) is 0 Å². The molecule has 0 spiro atoms. The summed E-state index contributed by atoms with van der Waals surface area (Å²) in [7, 11) is 1.67. The molecule has 2 aliphatic rings. The number of hydrogen-bond donors (Lipinski definition) is 2. The zero-order valence-electron chi connectivity index (χ0n) is 12.2. The largest absolute Gasteiger partial charge is 0.380 e. The molecule has 0 aromatic heterocycles. The van der Waals surface area contributed by atoms with E-state index in [1.165, 1.54) is 6.42 Å². The molecule has 2 bridgehead atoms. The van der Waals surface area contributed by atoms with Crippen molar-refractivity contribution in [3.8, 4) is 0 Å². The molecular formula is C16H23ClN2O2. The van der Waals surface area contributed by atoms with Crippen LogP contribution < -0.4 is 11.1 Å². The second-order valence-corrected chi connectivity index (χ2v) is 6.06. The average Bonchev–Trinajstić information content (AvgIpc) is 3.00. The van der Waals surface area contributed by atoms with Gasteiger partial charge < -0.3 is 15.8 Å². The SMILES string of the molecule is COCc1cccc(NC(=O)C2C3CCC(C3)C2N)c1.Cl. The van der Waals surface area contributed by atoms with Crippen molar-refractivity contribution in [3.63, 3.8) is 0 Å². The normalized spacial score (nSPS) is 30.0. The van der Waals surface area contributed by atoms with E-state index in [0.29, 0.717) is 18.4 Å². The van der Waals surface area contributed by atoms with Gasteiger partial charge in [0.25, 0.3) is 0 Å². The van der Waals surface area contributed by atoms with Crippen LogP contribution >= 0.6 is 12.4 Å². The predicted molar refractivity (Wildman–Crippen MR) is 85.3 cm³/mol. The quantitative estimate of drug-likeness (QED) is 0.898. The number of anilines is 1. The minimum Gasteiger partial charge on any atom is -0.380 e. The van der Waals surface area contributed by atoms with Crippen LogP contribution in [0.4, 0.5) is 5.69 Å². The van der Waals surface area contributed by atoms with Crippen molar-refractivity contribution in [2.24, 2.45) is 23.5 Å². The van der Waals surface area contributed by atoms with Gasteiger partial charge in [-0.2, -0.15) is 0 Å². The number of benzene rings is 1. The Balaban J connectivity index is 0.00000161. The lowest BCUT2D eigenvalue weighted by atomic mass is 9.84. The highest BCUT2D eigenvalue weighted by Gasteiger charge is 2.49. The zero-order valence-corrected chi connectivity index (χ0v) is 13.1. The summed E-state index contributed by atoms with van der Waals surface area (Å²) in [6, 6.07) is 7.83. The van der Waals surface area contributed by atoms with E-state index in [1.807, 2.05) is 24.3 Å². The van der Waals surface area contributed by atoms with Crippen LogP contribution in [-0.2, 0) is 16.1 Å². The molecule has 0 radical (unpaired) electrons. The molecule has 3 N–H and O–H groups in total. The lowest BCUT2D eigenvalue weighted by Gasteiger charge is -2.27. The van der Waals surface area contributed by atoms with Gasteiger partial charge in [0.15, 0.2) is 0 Å². The number of carbonyl (C=O) groups is 1. The van der Waals surface area contributed by atoms with Crippen molar-refractivity contribution < 1.29 is 9.53 Å². The summed E-state index contributed by atoms with van der Waals surface area (Å²) in [5.41, 5.74) is 8.11. The highest BCUT2D eigenvalue weighted by atomic mass is 35.5. The summed E-state index contributed by atoms with van der Waals surface area (Å²) in [6.45, 7) is 0.553. The van der Waals surface area contributed by atoms with Crippen molar-refractivity contribution in [3.05, 3.63) is 29.8 Å². The average molecular weight is 311 g/mol. The molecule has 5 heteroatoms. The molecule has 1 aromatic carbocycles. The summed E-state index contributed by atoms with van der Waals surface area (Å²) in [5, 5.41) is 3.02. The molecule has 1 aromatic rings. The molecule has 3 rings (SSSR count). The van der Waals surface area contributed by atoms with Gasteiger partial charge in [-0.3, -0.25) is 4.79 Å². The molecule has 0 heterocycles. The molecule has 4 atom stereocenters. The van der Waals surface area contributed by atoms with Crippen LogP contribution in [0.2, 0.25) is 0 Å². The lowest BCUT2D eigenvalue weighted by molar-refractivity contribution is -0.121. The van der Waals surface area contributed by atoms with Crippen molar-refractivity contribution in [1.29, 1.82) is 0 Å². The fourth-order valence-corrected chi connectivity index (χ4v) is 3.86. The Morgan fingerprint density at radius 3 is 2.81 bits per heavy atom. The van der Waals surface area contributed by atoms with E-state index in [0.717, 1.165) is 24.1 Å². The van der Waals surface area contributed by atoms with E-state index in [4.69, 9.17) is 10.5 Å². The highest BCUT2D eigenvalue weighted by molar-refractivity contribution is 5.93. The first kappa shape index (κ1) is 16.3. The third-order valence-electron chi connectivity index (χ3n) is 4.79. The summed E-state index contributed by atoms with van der Waals surface area (Å²) in [4.78, 5) is 12.5. The van der Waals surface area contributed by atoms with E-state index in [9.17, 15) is 4.79 Å². The van der Waals surface area contributed by atoms with Crippen molar-refractivity contribution in [1.82, 2.24) is 0 Å². The van der Waals surface area contributed by atoms with E-state index < -0.39 is 0 Å². The van der Waals surface area contributed by atoms with Crippen LogP contribution in [0.3, 0.4) is 0 Å². The molecule has 0 aliphatic heterocycles. The third-order valence-corrected chi connectivity index (χ3v) is 4.79. The van der Waals surface area contributed by atoms with Crippen LogP contribution in [-0.4, -0.2) is 19.1 Å². The molecular weight excluding hydrogens is 288 g/mol. The van der Waals surface area contributed by atoms with Crippen LogP contribution in [0.25, 0.3) is 0 Å². The van der Waals surface area contributed by atoms with E-state index in [1.54, 1.807) is 7.11 Å². The number of carbonyl (C=O) groups excluding carboxylic acids is 1. The van der Waals surface area contributed by atoms with Gasteiger partial charge >= 0.3 is 0 Å². The number of fused-ring (bicyclic) bond motifs is 2. The van der Waals surface area contributed by atoms with Gasteiger partial charge in [-0.05, 0) is 48.8 Å². The Labute approximate surface area is 131 Å². The molecule has 116 valence electrons. The number of amides is 1. The maximum absolute atomic E-state index is 12.5. The minimum absolute atomic E-state index is 0. The number of methoxy groups -OCH3 is 1. The summed E-state index contributed by atoms with van der Waals surface area (Å²) < 4.78 is 5.11. The second-order valence-electron chi connectivity index (χ2n) is 6.06. The molecule has 0 saturated heterocycles. The lowest BCUT2D eigenvalue weighted by Crippen LogP contribution is -2.42. The first-order chi connectivity index (χ1) is 9.69. The predicted octanol–water partition coefficient (Wildman–Crippen LogP) is 2.57. The Morgan fingerprint density at radius 2 is 2.14 bits per heavy atom. The monoisotopic (exact) mass is 310 g/mol. The first-order valence-corrected chi connectivity index (χ1v) is 7.33. The Hall–Kier alpha value is -1.10. The van der Waals surface area contributed by atoms with Crippen LogP contribution in [0.1, 0.15) is 24.8 Å². The third kappa shape index (κ3) is 3.23. The van der Waals surface area contributed by atoms with Crippen LogP contribution in [0, 0.1) is 17.8 Å². The molecule has 2 saturated carbocycles. The molecule has 4 nitrogen and oxygen atoms in total. The Bertz CT molecular complexity index is 507. The first-order valence-electron chi connectivity index (χ1n) is 7.33. The topological polar surface area (TPSA) is 64.3 Å². The Kier molecular flexibility index (Phi) is 5.25. The summed E-state index contributed by atoms with van der Waals surface area (Å²) >= 11 is 0. The van der Waals surface area contributed by atoms with Crippen molar-refractivity contribution in [2.45, 2.75) is 31.9 Å². The molecule has 21 heavy (non-hydrogen) atoms. The van der Waals surface area contributed by atoms with E-state index in [-0.39, 0.29) is 30.3 Å². The number of nitrogens with two attached hydrogens (primary N) is 1. The zero-order chi connectivity index (χ0) is 14.1. The summed E-state index contributed by atoms with van der Waals surface area (Å²) in [6.07, 6.45) is 3.47. The standard InChI is InChI=1S/C16H22N2O2.ClH/c1-20-9-10-3-2-4-13(7-10)18-16(19)14-11-5-6-12(8-11)15(14)17;/h2-4,7,11-12,14-15H,5-6,8-9,17H2,1H3,(H,18,19);1H. The number of hydrogen-bond acceptors (Lipinski definition) is 3. The van der Waals surface area contributed by atoms with Crippen molar-refractivity contribution in [2.75, 3.05) is 12.4 Å². The number of halogens is 1. The molecule has 4 unspecified atom stereocenters. The van der Waals surface area contributed by atoms with Gasteiger partial charge in [0.2, 0.25) is 5.91 Å². The molecule has 1 amide bonds. The fraction of sp³-hybridized carbons (Fsp3) is 0.562. The van der Waals surface area contributed by atoms with Crippen LogP contribution in [0.15, 0.2) is 24.3 Å². The number of nitrogens with one attached hydrogen (secondary N) is 1. The molecule has 2 aliphatic carbocycles. The van der Waals surface area contributed by atoms with E-state index in [2.05, 4.69) is 5.32 Å². The minimum atomic E-state index is -0.0140. The number of rotatable bonds is 4. The second kappa shape index (κ2) is 6.77. The maximum Gasteiger partial charge on any atom is 0.229 e. The van der Waals surface area contributed by atoms with E-state index >= 15 is 0 Å². The summed E-state index contributed by atoms with van der Waals surface area (Å²) in [5.74, 6) is 1.10. The smallest absolute Gasteiger partial charge is 0.229 e. The van der Waals surface area contributed by atoms with Gasteiger partial charge in [-0.1, -0.05) is 12.1 Å². The van der Waals surface area contributed by atoms with Gasteiger partial charge in [-0.15, -0.1) is 12.4 Å². The molecule has 2 fully saturated rings. The van der Waals surface area contributed by atoms with Gasteiger partial charge in [0, 0.05) is 18.8 Å². The maximum atomic E-state index is 12.5. The Morgan fingerprint density at radius 1 is 1.38 bits per heavy atom. The van der Waals surface area contributed by atoms with Crippen LogP contribution in [0.5, 0.6) is 0 Å². The fourth-order valence-electron chi connectivity index (χ4n) is 3.86. The highest BCUT2D eigenvalue weighted by Crippen LogP contribution is 2.47. The number of ether oxygens (including phenoxy) is 1.